The first kappa shape index (κ1) is 29.7. The molecule has 210 valence electrons. The second-order valence-electron chi connectivity index (χ2n) is 11.7. The van der Waals surface area contributed by atoms with Crippen molar-refractivity contribution >= 4 is 5.71 Å². The van der Waals surface area contributed by atoms with Gasteiger partial charge >= 0.3 is 0 Å². The number of rotatable bonds is 5. The first-order chi connectivity index (χ1) is 19.3. The van der Waals surface area contributed by atoms with E-state index in [1.165, 1.54) is 39.0 Å². The molecule has 0 spiro atoms. The van der Waals surface area contributed by atoms with Crippen molar-refractivity contribution in [3.05, 3.63) is 105 Å². The van der Waals surface area contributed by atoms with Gasteiger partial charge in [0, 0.05) is 36.6 Å². The molecule has 0 saturated heterocycles. The molecule has 40 heavy (non-hydrogen) atoms. The molecule has 3 heterocycles. The number of benzene rings is 1. The number of hydrogen-bond acceptors (Lipinski definition) is 4. The summed E-state index contributed by atoms with van der Waals surface area (Å²) in [5.74, 6) is 0.956. The van der Waals surface area contributed by atoms with Crippen LogP contribution < -0.4 is 5.32 Å². The van der Waals surface area contributed by atoms with Crippen molar-refractivity contribution in [3.63, 3.8) is 0 Å². The fourth-order valence-electron chi connectivity index (χ4n) is 6.08. The minimum absolute atomic E-state index is 0.113. The van der Waals surface area contributed by atoms with Crippen LogP contribution >= 0.6 is 0 Å². The van der Waals surface area contributed by atoms with Gasteiger partial charge in [-0.3, -0.25) is 4.99 Å². The highest BCUT2D eigenvalue weighted by molar-refractivity contribution is 6.06. The Kier molecular flexibility index (Phi) is 10.3. The zero-order chi connectivity index (χ0) is 28.6. The van der Waals surface area contributed by atoms with Gasteiger partial charge in [0.1, 0.15) is 0 Å². The van der Waals surface area contributed by atoms with Crippen molar-refractivity contribution in [2.24, 2.45) is 16.8 Å². The molecule has 3 aliphatic rings. The predicted octanol–water partition coefficient (Wildman–Crippen LogP) is 8.06. The van der Waals surface area contributed by atoms with Crippen molar-refractivity contribution in [2.45, 2.75) is 66.2 Å². The van der Waals surface area contributed by atoms with E-state index in [4.69, 9.17) is 9.73 Å². The largest absolute Gasteiger partial charge is 0.381 e. The van der Waals surface area contributed by atoms with E-state index in [0.717, 1.165) is 63.3 Å². The normalized spacial score (nSPS) is 26.6. The third kappa shape index (κ3) is 7.27. The van der Waals surface area contributed by atoms with Gasteiger partial charge in [0.25, 0.3) is 0 Å². The molecule has 0 saturated carbocycles. The number of ether oxygens (including phenoxy) is 1. The summed E-state index contributed by atoms with van der Waals surface area (Å²) in [6.45, 7) is 19.2. The van der Waals surface area contributed by atoms with Crippen LogP contribution in [0.2, 0.25) is 0 Å². The molecule has 0 radical (unpaired) electrons. The van der Waals surface area contributed by atoms with Crippen LogP contribution in [-0.4, -0.2) is 32.0 Å². The van der Waals surface area contributed by atoms with Crippen molar-refractivity contribution in [1.29, 1.82) is 5.26 Å². The highest BCUT2D eigenvalue weighted by Gasteiger charge is 2.26. The molecule has 0 aromatic heterocycles. The van der Waals surface area contributed by atoms with E-state index < -0.39 is 0 Å². The molecule has 3 atom stereocenters. The lowest BCUT2D eigenvalue weighted by molar-refractivity contribution is 0.105. The van der Waals surface area contributed by atoms with E-state index in [-0.39, 0.29) is 5.92 Å². The summed E-state index contributed by atoms with van der Waals surface area (Å²) in [6.07, 6.45) is 15.2. The topological polar surface area (TPSA) is 57.4 Å². The van der Waals surface area contributed by atoms with Gasteiger partial charge in [-0.15, -0.1) is 0 Å². The van der Waals surface area contributed by atoms with Crippen LogP contribution in [0.25, 0.3) is 0 Å². The van der Waals surface area contributed by atoms with Crippen molar-refractivity contribution < 1.29 is 4.74 Å². The summed E-state index contributed by atoms with van der Waals surface area (Å²) in [6, 6.07) is 8.35. The smallest absolute Gasteiger partial charge is 0.0991 e. The molecule has 3 aliphatic heterocycles. The second kappa shape index (κ2) is 13.9. The van der Waals surface area contributed by atoms with Crippen molar-refractivity contribution in [1.82, 2.24) is 5.32 Å². The van der Waals surface area contributed by atoms with Gasteiger partial charge < -0.3 is 10.1 Å². The van der Waals surface area contributed by atoms with E-state index in [2.05, 4.69) is 83.0 Å². The van der Waals surface area contributed by atoms with E-state index in [0.29, 0.717) is 17.4 Å². The molecule has 1 aromatic carbocycles. The van der Waals surface area contributed by atoms with Crippen molar-refractivity contribution in [2.75, 3.05) is 26.3 Å². The van der Waals surface area contributed by atoms with Crippen LogP contribution in [0.3, 0.4) is 0 Å². The molecule has 1 unspecified atom stereocenters. The highest BCUT2D eigenvalue weighted by Crippen LogP contribution is 2.39. The van der Waals surface area contributed by atoms with Gasteiger partial charge in [-0.05, 0) is 115 Å². The number of allylic oxidation sites excluding steroid dienone is 8. The van der Waals surface area contributed by atoms with E-state index in [1.807, 2.05) is 18.3 Å². The van der Waals surface area contributed by atoms with Crippen LogP contribution in [0.5, 0.6) is 0 Å². The number of aryl methyl sites for hydroxylation is 1. The first-order valence-corrected chi connectivity index (χ1v) is 14.8. The number of nitriles is 1. The van der Waals surface area contributed by atoms with Crippen LogP contribution in [0.1, 0.15) is 76.0 Å². The minimum Gasteiger partial charge on any atom is -0.381 e. The Hall–Kier alpha value is -3.26. The fraction of sp³-hybridized carbons (Fsp3) is 0.444. The maximum absolute atomic E-state index is 9.61. The number of hydrogen-bond donors (Lipinski definition) is 1. The lowest BCUT2D eigenvalue weighted by atomic mass is 9.78. The van der Waals surface area contributed by atoms with Crippen LogP contribution in [0.4, 0.5) is 0 Å². The molecule has 0 amide bonds. The summed E-state index contributed by atoms with van der Waals surface area (Å²) < 4.78 is 5.89. The second-order valence-corrected chi connectivity index (χ2v) is 11.7. The third-order valence-corrected chi connectivity index (χ3v) is 8.10. The monoisotopic (exact) mass is 535 g/mol. The van der Waals surface area contributed by atoms with E-state index in [1.54, 1.807) is 0 Å². The Balaban J connectivity index is 1.99. The Bertz CT molecular complexity index is 1340. The molecule has 1 N–H and O–H groups in total. The number of aliphatic imine (C=N–C) groups is 1. The standard InChI is InChI=1S/C36H45N3O/c1-24-17-32(9-7-14-38-22-24)35-27(4)13-15-39-29(6)36(35)34(31-10-8-16-40-23-25(2)18-31)19-28(5)33-20-30(21-37)12-11-26(33)3/h10-13,15,17,19-20,24-25,28,38H,4,7-9,14,16,18,22-23H2,1-3,5-6H3/b31-10-,32-17-,34-19-/t24-,25+,28?/m1/s1. The van der Waals surface area contributed by atoms with Gasteiger partial charge in [0.05, 0.1) is 18.2 Å². The van der Waals surface area contributed by atoms with Gasteiger partial charge in [0.2, 0.25) is 0 Å². The molecule has 0 fully saturated rings. The van der Waals surface area contributed by atoms with Gasteiger partial charge in [-0.1, -0.05) is 51.6 Å². The quantitative estimate of drug-likeness (QED) is 0.415. The average Bonchev–Trinajstić information content (AvgIpc) is 3.04. The molecule has 4 rings (SSSR count). The molecular formula is C36H45N3O. The maximum Gasteiger partial charge on any atom is 0.0991 e. The molecule has 0 bridgehead atoms. The zero-order valence-corrected chi connectivity index (χ0v) is 25.0. The molecule has 4 heteroatoms. The average molecular weight is 536 g/mol. The van der Waals surface area contributed by atoms with Crippen LogP contribution in [0.15, 0.2) is 93.7 Å². The van der Waals surface area contributed by atoms with Gasteiger partial charge in [-0.25, -0.2) is 0 Å². The lowest BCUT2D eigenvalue weighted by Gasteiger charge is -2.27. The summed E-state index contributed by atoms with van der Waals surface area (Å²) in [7, 11) is 0. The Morgan fingerprint density at radius 2 is 2.10 bits per heavy atom. The van der Waals surface area contributed by atoms with Crippen LogP contribution in [-0.2, 0) is 4.74 Å². The predicted molar refractivity (Wildman–Crippen MR) is 167 cm³/mol. The van der Waals surface area contributed by atoms with Crippen molar-refractivity contribution in [3.8, 4) is 6.07 Å². The van der Waals surface area contributed by atoms with Gasteiger partial charge in [-0.2, -0.15) is 5.26 Å². The Morgan fingerprint density at radius 1 is 1.27 bits per heavy atom. The van der Waals surface area contributed by atoms with Gasteiger partial charge in [0.15, 0.2) is 0 Å². The number of nitrogens with zero attached hydrogens (tertiary/aromatic N) is 2. The molecular weight excluding hydrogens is 490 g/mol. The first-order valence-electron chi connectivity index (χ1n) is 14.8. The summed E-state index contributed by atoms with van der Waals surface area (Å²) >= 11 is 0. The van der Waals surface area contributed by atoms with E-state index >= 15 is 0 Å². The summed E-state index contributed by atoms with van der Waals surface area (Å²) in [5.41, 5.74) is 11.5. The minimum atomic E-state index is 0.113. The SMILES string of the molecule is C=C1C=CN=C(C)C(C(=C\C(C)c2cc(C#N)ccc2C)/C2=C\CCOC[C@@H](C)C2)=C1/C1=C\[C@@H](C)CNCCC1. The Labute approximate surface area is 241 Å². The summed E-state index contributed by atoms with van der Waals surface area (Å²) in [4.78, 5) is 4.91. The maximum atomic E-state index is 9.61. The molecule has 4 nitrogen and oxygen atoms in total. The van der Waals surface area contributed by atoms with E-state index in [9.17, 15) is 5.26 Å². The Morgan fingerprint density at radius 3 is 2.90 bits per heavy atom. The number of nitrogens with one attached hydrogen (secondary N) is 1. The fourth-order valence-corrected chi connectivity index (χ4v) is 6.08. The van der Waals surface area contributed by atoms with Crippen LogP contribution in [0, 0.1) is 30.1 Å². The molecule has 0 aliphatic carbocycles. The third-order valence-electron chi connectivity index (χ3n) is 8.10. The zero-order valence-electron chi connectivity index (χ0n) is 25.0. The molecule has 1 aromatic rings. The summed E-state index contributed by atoms with van der Waals surface area (Å²) in [5, 5.41) is 13.2. The lowest BCUT2D eigenvalue weighted by Crippen LogP contribution is -2.24. The highest BCUT2D eigenvalue weighted by atomic mass is 16.5.